The monoisotopic (exact) mass is 410 g/mol. The minimum Gasteiger partial charge on any atom is -0.383 e. The lowest BCUT2D eigenvalue weighted by atomic mass is 10.1. The zero-order valence-corrected chi connectivity index (χ0v) is 17.4. The third-order valence-electron chi connectivity index (χ3n) is 5.07. The van der Waals surface area contributed by atoms with Gasteiger partial charge in [0, 0.05) is 11.7 Å². The molecule has 1 aromatic carbocycles. The van der Waals surface area contributed by atoms with E-state index in [1.54, 1.807) is 10.7 Å². The Bertz CT molecular complexity index is 1270. The van der Waals surface area contributed by atoms with Crippen molar-refractivity contribution in [2.45, 2.75) is 46.2 Å². The lowest BCUT2D eigenvalue weighted by molar-refractivity contribution is 0.604. The van der Waals surface area contributed by atoms with Gasteiger partial charge in [-0.1, -0.05) is 37.6 Å². The molecule has 0 bridgehead atoms. The summed E-state index contributed by atoms with van der Waals surface area (Å²) in [7, 11) is 0. The lowest BCUT2D eigenvalue weighted by Gasteiger charge is -2.15. The fourth-order valence-electron chi connectivity index (χ4n) is 3.72. The molecule has 4 aromatic rings. The highest BCUT2D eigenvalue weighted by molar-refractivity contribution is 6.35. The highest BCUT2D eigenvalue weighted by atomic mass is 35.5. The number of hydrogen-bond acceptors (Lipinski definition) is 5. The fourth-order valence-corrected chi connectivity index (χ4v) is 3.98. The standard InChI is InChI=1S/C19H17ClN6O.C2H6/c1-10-15-17(21)22-9-23-18(15)25(24-10)8-13-7-11-3-2-4-14(20)16(11)19(27)26(13)12-5-6-12;1-2/h2-4,7,9,12H,5-6,8H2,1H3,(H2,21,22,23);1-2H3. The van der Waals surface area contributed by atoms with Crippen LogP contribution in [0.15, 0.2) is 35.4 Å². The van der Waals surface area contributed by atoms with Gasteiger partial charge in [0.05, 0.1) is 28.0 Å². The number of nitrogens with zero attached hydrogens (tertiary/aromatic N) is 5. The smallest absolute Gasteiger partial charge is 0.260 e. The summed E-state index contributed by atoms with van der Waals surface area (Å²) in [5, 5.41) is 7.23. The number of pyridine rings is 1. The van der Waals surface area contributed by atoms with Gasteiger partial charge >= 0.3 is 0 Å². The van der Waals surface area contributed by atoms with Gasteiger partial charge in [0.1, 0.15) is 12.1 Å². The van der Waals surface area contributed by atoms with Crippen LogP contribution in [0.1, 0.15) is 44.1 Å². The first-order chi connectivity index (χ1) is 14.0. The second-order valence-corrected chi connectivity index (χ2v) is 7.35. The molecule has 1 aliphatic rings. The molecule has 0 aliphatic heterocycles. The number of benzene rings is 1. The predicted molar refractivity (Wildman–Crippen MR) is 116 cm³/mol. The molecule has 0 spiro atoms. The molecule has 0 radical (unpaired) electrons. The van der Waals surface area contributed by atoms with Gasteiger partial charge in [-0.25, -0.2) is 14.6 Å². The number of anilines is 1. The summed E-state index contributed by atoms with van der Waals surface area (Å²) in [6, 6.07) is 7.77. The van der Waals surface area contributed by atoms with Crippen LogP contribution in [-0.4, -0.2) is 24.3 Å². The summed E-state index contributed by atoms with van der Waals surface area (Å²) in [4.78, 5) is 21.6. The van der Waals surface area contributed by atoms with Crippen LogP contribution in [0.4, 0.5) is 5.82 Å². The van der Waals surface area contributed by atoms with Crippen molar-refractivity contribution in [1.29, 1.82) is 0 Å². The number of nitrogen functional groups attached to an aromatic ring is 1. The van der Waals surface area contributed by atoms with Crippen LogP contribution in [-0.2, 0) is 6.54 Å². The van der Waals surface area contributed by atoms with Crippen LogP contribution in [0.25, 0.3) is 21.8 Å². The normalized spacial score (nSPS) is 13.5. The number of rotatable bonds is 3. The van der Waals surface area contributed by atoms with Crippen LogP contribution < -0.4 is 11.3 Å². The van der Waals surface area contributed by atoms with E-state index in [1.165, 1.54) is 6.33 Å². The van der Waals surface area contributed by atoms with Crippen molar-refractivity contribution in [2.75, 3.05) is 5.73 Å². The predicted octanol–water partition coefficient (Wildman–Crippen LogP) is 4.09. The van der Waals surface area contributed by atoms with Crippen LogP contribution in [0.3, 0.4) is 0 Å². The molecule has 1 saturated carbocycles. The van der Waals surface area contributed by atoms with Crippen LogP contribution >= 0.6 is 11.6 Å². The Balaban J connectivity index is 0.000000994. The summed E-state index contributed by atoms with van der Waals surface area (Å²) >= 11 is 6.31. The first-order valence-corrected chi connectivity index (χ1v) is 10.2. The molecule has 3 heterocycles. The van der Waals surface area contributed by atoms with E-state index in [1.807, 2.05) is 43.5 Å². The number of aryl methyl sites for hydroxylation is 1. The van der Waals surface area contributed by atoms with Gasteiger partial charge in [-0.2, -0.15) is 5.10 Å². The number of nitrogens with two attached hydrogens (primary N) is 1. The molecule has 5 rings (SSSR count). The second kappa shape index (κ2) is 7.48. The van der Waals surface area contributed by atoms with Crippen LogP contribution in [0.5, 0.6) is 0 Å². The topological polar surface area (TPSA) is 91.6 Å². The highest BCUT2D eigenvalue weighted by Gasteiger charge is 2.28. The van der Waals surface area contributed by atoms with Crippen molar-refractivity contribution < 1.29 is 0 Å². The van der Waals surface area contributed by atoms with Crippen LogP contribution in [0, 0.1) is 6.92 Å². The number of hydrogen-bond donors (Lipinski definition) is 1. The molecule has 0 unspecified atom stereocenters. The third kappa shape index (κ3) is 3.25. The van der Waals surface area contributed by atoms with E-state index in [-0.39, 0.29) is 11.6 Å². The molecule has 0 amide bonds. The Kier molecular flexibility index (Phi) is 5.00. The minimum absolute atomic E-state index is 0.0436. The van der Waals surface area contributed by atoms with Crippen molar-refractivity contribution in [3.63, 3.8) is 0 Å². The zero-order chi connectivity index (χ0) is 20.7. The Labute approximate surface area is 173 Å². The molecule has 0 atom stereocenters. The van der Waals surface area contributed by atoms with E-state index in [9.17, 15) is 4.79 Å². The molecule has 7 nitrogen and oxygen atoms in total. The van der Waals surface area contributed by atoms with Gasteiger partial charge in [0.15, 0.2) is 5.65 Å². The van der Waals surface area contributed by atoms with Gasteiger partial charge in [-0.05, 0) is 37.3 Å². The summed E-state index contributed by atoms with van der Waals surface area (Å²) < 4.78 is 3.65. The molecule has 1 fully saturated rings. The van der Waals surface area contributed by atoms with Gasteiger partial charge < -0.3 is 10.3 Å². The van der Waals surface area contributed by atoms with Crippen molar-refractivity contribution in [3.8, 4) is 0 Å². The van der Waals surface area contributed by atoms with E-state index in [0.29, 0.717) is 28.4 Å². The molecule has 8 heteroatoms. The Morgan fingerprint density at radius 3 is 2.69 bits per heavy atom. The molecular weight excluding hydrogens is 388 g/mol. The van der Waals surface area contributed by atoms with Crippen LogP contribution in [0.2, 0.25) is 5.02 Å². The summed E-state index contributed by atoms with van der Waals surface area (Å²) in [5.74, 6) is 0.411. The van der Waals surface area contributed by atoms with Crippen molar-refractivity contribution >= 4 is 39.2 Å². The van der Waals surface area contributed by atoms with E-state index in [4.69, 9.17) is 17.3 Å². The summed E-state index contributed by atoms with van der Waals surface area (Å²) in [6.07, 6.45) is 3.43. The SMILES string of the molecule is CC.Cc1nn(Cc2cc3cccc(Cl)c3c(=O)n2C2CC2)c2ncnc(N)c12. The zero-order valence-electron chi connectivity index (χ0n) is 16.7. The van der Waals surface area contributed by atoms with Gasteiger partial charge in [-0.15, -0.1) is 0 Å². The Morgan fingerprint density at radius 2 is 1.97 bits per heavy atom. The quantitative estimate of drug-likeness (QED) is 0.549. The average molecular weight is 411 g/mol. The van der Waals surface area contributed by atoms with E-state index < -0.39 is 0 Å². The third-order valence-corrected chi connectivity index (χ3v) is 5.38. The summed E-state index contributed by atoms with van der Waals surface area (Å²) in [5.41, 5.74) is 8.28. The Hall–Kier alpha value is -2.93. The average Bonchev–Trinajstić information content (AvgIpc) is 3.48. The summed E-state index contributed by atoms with van der Waals surface area (Å²) in [6.45, 7) is 6.31. The molecular formula is C21H23ClN6O. The number of halogens is 1. The first kappa shape index (κ1) is 19.4. The molecule has 2 N–H and O–H groups in total. The maximum atomic E-state index is 13.2. The molecule has 0 saturated heterocycles. The second-order valence-electron chi connectivity index (χ2n) is 6.95. The van der Waals surface area contributed by atoms with E-state index in [2.05, 4.69) is 15.1 Å². The van der Waals surface area contributed by atoms with Gasteiger partial charge in [0.25, 0.3) is 5.56 Å². The lowest BCUT2D eigenvalue weighted by Crippen LogP contribution is -2.24. The van der Waals surface area contributed by atoms with Crippen molar-refractivity contribution in [2.24, 2.45) is 0 Å². The van der Waals surface area contributed by atoms with Crippen molar-refractivity contribution in [1.82, 2.24) is 24.3 Å². The number of aromatic nitrogens is 5. The molecule has 1 aliphatic carbocycles. The van der Waals surface area contributed by atoms with Gasteiger partial charge in [0.2, 0.25) is 0 Å². The molecule has 29 heavy (non-hydrogen) atoms. The fraction of sp³-hybridized carbons (Fsp3) is 0.333. The number of fused-ring (bicyclic) bond motifs is 2. The van der Waals surface area contributed by atoms with E-state index in [0.717, 1.165) is 35.0 Å². The molecule has 3 aromatic heterocycles. The minimum atomic E-state index is -0.0436. The first-order valence-electron chi connectivity index (χ1n) is 9.81. The highest BCUT2D eigenvalue weighted by Crippen LogP contribution is 2.36. The largest absolute Gasteiger partial charge is 0.383 e. The maximum absolute atomic E-state index is 13.2. The molecule has 150 valence electrons. The Morgan fingerprint density at radius 1 is 1.21 bits per heavy atom. The van der Waals surface area contributed by atoms with Gasteiger partial charge in [-0.3, -0.25) is 4.79 Å². The maximum Gasteiger partial charge on any atom is 0.260 e. The van der Waals surface area contributed by atoms with E-state index >= 15 is 0 Å². The van der Waals surface area contributed by atoms with Crippen molar-refractivity contribution in [3.05, 3.63) is 57.4 Å².